The molecule has 20 heavy (non-hydrogen) atoms. The first-order chi connectivity index (χ1) is 9.29. The Morgan fingerprint density at radius 2 is 1.95 bits per heavy atom. The van der Waals surface area contributed by atoms with Gasteiger partial charge in [-0.1, -0.05) is 26.0 Å². The fourth-order valence-corrected chi connectivity index (χ4v) is 2.22. The summed E-state index contributed by atoms with van der Waals surface area (Å²) in [6, 6.07) is 4.79. The average Bonchev–Trinajstić information content (AvgIpc) is 2.31. The SMILES string of the molecule is Cc1ccc(CC(=O)C[C@@H](CC(C)C)C(N)=O)c(F)c1. The molecule has 0 heterocycles. The van der Waals surface area contributed by atoms with Gasteiger partial charge in [-0.05, 0) is 36.5 Å². The molecule has 0 unspecified atom stereocenters. The van der Waals surface area contributed by atoms with Gasteiger partial charge in [-0.25, -0.2) is 4.39 Å². The largest absolute Gasteiger partial charge is 0.369 e. The minimum Gasteiger partial charge on any atom is -0.369 e. The molecule has 0 spiro atoms. The Kier molecular flexibility index (Phi) is 5.86. The Labute approximate surface area is 119 Å². The van der Waals surface area contributed by atoms with Crippen LogP contribution in [0.5, 0.6) is 0 Å². The van der Waals surface area contributed by atoms with Crippen LogP contribution in [0.2, 0.25) is 0 Å². The van der Waals surface area contributed by atoms with Crippen LogP contribution in [-0.4, -0.2) is 11.7 Å². The van der Waals surface area contributed by atoms with Gasteiger partial charge in [0.05, 0.1) is 0 Å². The Balaban J connectivity index is 2.68. The minimum atomic E-state index is -0.462. The molecule has 3 nitrogen and oxygen atoms in total. The second-order valence-electron chi connectivity index (χ2n) is 5.74. The normalized spacial score (nSPS) is 12.4. The highest BCUT2D eigenvalue weighted by Gasteiger charge is 2.21. The van der Waals surface area contributed by atoms with Crippen molar-refractivity contribution < 1.29 is 14.0 Å². The Morgan fingerprint density at radius 1 is 1.30 bits per heavy atom. The molecule has 0 aliphatic rings. The van der Waals surface area contributed by atoms with Crippen molar-refractivity contribution in [3.05, 3.63) is 35.1 Å². The van der Waals surface area contributed by atoms with E-state index in [0.717, 1.165) is 5.56 Å². The first-order valence-electron chi connectivity index (χ1n) is 6.85. The molecular weight excluding hydrogens is 257 g/mol. The molecule has 1 rings (SSSR count). The number of Topliss-reactive ketones (excluding diaryl/α,β-unsaturated/α-hetero) is 1. The Bertz CT molecular complexity index is 497. The zero-order valence-electron chi connectivity index (χ0n) is 12.3. The number of aryl methyl sites for hydroxylation is 1. The van der Waals surface area contributed by atoms with E-state index < -0.39 is 11.8 Å². The fraction of sp³-hybridized carbons (Fsp3) is 0.500. The van der Waals surface area contributed by atoms with Crippen LogP contribution in [0, 0.1) is 24.6 Å². The van der Waals surface area contributed by atoms with E-state index in [4.69, 9.17) is 5.73 Å². The predicted molar refractivity (Wildman–Crippen MR) is 76.6 cm³/mol. The van der Waals surface area contributed by atoms with Crippen molar-refractivity contribution in [3.8, 4) is 0 Å². The molecule has 0 aromatic heterocycles. The van der Waals surface area contributed by atoms with E-state index >= 15 is 0 Å². The van der Waals surface area contributed by atoms with Gasteiger partial charge in [-0.2, -0.15) is 0 Å². The van der Waals surface area contributed by atoms with Crippen LogP contribution in [0.15, 0.2) is 18.2 Å². The van der Waals surface area contributed by atoms with E-state index in [1.807, 2.05) is 13.8 Å². The van der Waals surface area contributed by atoms with E-state index in [2.05, 4.69) is 0 Å². The lowest BCUT2D eigenvalue weighted by Crippen LogP contribution is -2.27. The standard InChI is InChI=1S/C16H22FNO2/c1-10(2)6-13(16(18)20)9-14(19)8-12-5-4-11(3)7-15(12)17/h4-5,7,10,13H,6,8-9H2,1-3H3,(H2,18,20)/t13-/m1/s1. The van der Waals surface area contributed by atoms with Gasteiger partial charge in [0, 0.05) is 18.8 Å². The monoisotopic (exact) mass is 279 g/mol. The number of benzene rings is 1. The van der Waals surface area contributed by atoms with Crippen molar-refractivity contribution in [2.75, 3.05) is 0 Å². The van der Waals surface area contributed by atoms with E-state index in [9.17, 15) is 14.0 Å². The molecular formula is C16H22FNO2. The highest BCUT2D eigenvalue weighted by Crippen LogP contribution is 2.18. The molecule has 4 heteroatoms. The third-order valence-corrected chi connectivity index (χ3v) is 3.23. The maximum atomic E-state index is 13.7. The van der Waals surface area contributed by atoms with E-state index in [1.54, 1.807) is 19.1 Å². The molecule has 0 radical (unpaired) electrons. The molecule has 1 atom stereocenters. The van der Waals surface area contributed by atoms with Crippen LogP contribution in [0.25, 0.3) is 0 Å². The van der Waals surface area contributed by atoms with Crippen LogP contribution in [0.1, 0.15) is 37.8 Å². The van der Waals surface area contributed by atoms with E-state index in [0.29, 0.717) is 12.0 Å². The third-order valence-electron chi connectivity index (χ3n) is 3.23. The maximum absolute atomic E-state index is 13.7. The zero-order chi connectivity index (χ0) is 15.3. The highest BCUT2D eigenvalue weighted by atomic mass is 19.1. The summed E-state index contributed by atoms with van der Waals surface area (Å²) in [6.07, 6.45) is 0.673. The zero-order valence-corrected chi connectivity index (χ0v) is 12.3. The highest BCUT2D eigenvalue weighted by molar-refractivity contribution is 5.87. The fourth-order valence-electron chi connectivity index (χ4n) is 2.22. The van der Waals surface area contributed by atoms with Crippen molar-refractivity contribution >= 4 is 11.7 Å². The summed E-state index contributed by atoms with van der Waals surface area (Å²) in [5.41, 5.74) is 6.49. The van der Waals surface area contributed by atoms with Crippen molar-refractivity contribution in [1.29, 1.82) is 0 Å². The van der Waals surface area contributed by atoms with Crippen LogP contribution in [-0.2, 0) is 16.0 Å². The van der Waals surface area contributed by atoms with Crippen LogP contribution < -0.4 is 5.73 Å². The number of ketones is 1. The quantitative estimate of drug-likeness (QED) is 0.834. The van der Waals surface area contributed by atoms with Crippen molar-refractivity contribution in [2.45, 2.75) is 40.0 Å². The predicted octanol–water partition coefficient (Wildman–Crippen LogP) is 2.78. The Morgan fingerprint density at radius 3 is 2.45 bits per heavy atom. The number of nitrogens with two attached hydrogens (primary N) is 1. The molecule has 110 valence electrons. The molecule has 0 bridgehead atoms. The van der Waals surface area contributed by atoms with Crippen LogP contribution in [0.3, 0.4) is 0 Å². The van der Waals surface area contributed by atoms with Crippen molar-refractivity contribution in [1.82, 2.24) is 0 Å². The van der Waals surface area contributed by atoms with E-state index in [-0.39, 0.29) is 30.4 Å². The van der Waals surface area contributed by atoms with Gasteiger partial charge < -0.3 is 5.73 Å². The lowest BCUT2D eigenvalue weighted by molar-refractivity contribution is -0.127. The molecule has 1 amide bonds. The van der Waals surface area contributed by atoms with Gasteiger partial charge >= 0.3 is 0 Å². The Hall–Kier alpha value is -1.71. The number of halogens is 1. The van der Waals surface area contributed by atoms with Gasteiger partial charge in [0.15, 0.2) is 0 Å². The van der Waals surface area contributed by atoms with Gasteiger partial charge in [-0.3, -0.25) is 9.59 Å². The number of rotatable bonds is 7. The lowest BCUT2D eigenvalue weighted by Gasteiger charge is -2.15. The number of primary amides is 1. The lowest BCUT2D eigenvalue weighted by atomic mass is 9.90. The molecule has 0 aliphatic carbocycles. The molecule has 1 aromatic rings. The summed E-state index contributed by atoms with van der Waals surface area (Å²) >= 11 is 0. The first kappa shape index (κ1) is 16.3. The minimum absolute atomic E-state index is 0.00793. The number of carbonyl (C=O) groups is 2. The molecule has 0 saturated heterocycles. The maximum Gasteiger partial charge on any atom is 0.220 e. The summed E-state index contributed by atoms with van der Waals surface area (Å²) in [4.78, 5) is 23.3. The summed E-state index contributed by atoms with van der Waals surface area (Å²) in [5.74, 6) is -1.17. The van der Waals surface area contributed by atoms with Gasteiger partial charge in [0.25, 0.3) is 0 Å². The van der Waals surface area contributed by atoms with Crippen molar-refractivity contribution in [3.63, 3.8) is 0 Å². The van der Waals surface area contributed by atoms with Crippen molar-refractivity contribution in [2.24, 2.45) is 17.6 Å². The van der Waals surface area contributed by atoms with Gasteiger partial charge in [0.2, 0.25) is 5.91 Å². The molecule has 0 fully saturated rings. The molecule has 2 N–H and O–H groups in total. The second-order valence-corrected chi connectivity index (χ2v) is 5.74. The average molecular weight is 279 g/mol. The third kappa shape index (κ3) is 5.11. The number of hydrogen-bond acceptors (Lipinski definition) is 2. The number of hydrogen-bond donors (Lipinski definition) is 1. The van der Waals surface area contributed by atoms with E-state index in [1.165, 1.54) is 6.07 Å². The topological polar surface area (TPSA) is 60.2 Å². The molecule has 1 aromatic carbocycles. The number of amides is 1. The van der Waals surface area contributed by atoms with Gasteiger partial charge in [-0.15, -0.1) is 0 Å². The summed E-state index contributed by atoms with van der Waals surface area (Å²) in [7, 11) is 0. The summed E-state index contributed by atoms with van der Waals surface area (Å²) < 4.78 is 13.7. The smallest absolute Gasteiger partial charge is 0.220 e. The van der Waals surface area contributed by atoms with Crippen LogP contribution >= 0.6 is 0 Å². The summed E-state index contributed by atoms with van der Waals surface area (Å²) in [6.45, 7) is 5.74. The summed E-state index contributed by atoms with van der Waals surface area (Å²) in [5, 5.41) is 0. The second kappa shape index (κ2) is 7.17. The molecule has 0 saturated carbocycles. The first-order valence-corrected chi connectivity index (χ1v) is 6.85. The van der Waals surface area contributed by atoms with Gasteiger partial charge in [0.1, 0.15) is 11.6 Å². The van der Waals surface area contributed by atoms with Crippen LogP contribution in [0.4, 0.5) is 4.39 Å². The number of carbonyl (C=O) groups excluding carboxylic acids is 2. The molecule has 0 aliphatic heterocycles.